The van der Waals surface area contributed by atoms with Crippen LogP contribution in [0.25, 0.3) is 0 Å². The molecule has 100 valence electrons. The molecule has 3 nitrogen and oxygen atoms in total. The Kier molecular flexibility index (Phi) is 2.70. The van der Waals surface area contributed by atoms with E-state index in [1.807, 2.05) is 30.0 Å². The van der Waals surface area contributed by atoms with Gasteiger partial charge in [-0.2, -0.15) is 0 Å². The average molecular weight is 283 g/mol. The molecule has 2 atom stereocenters. The van der Waals surface area contributed by atoms with Crippen LogP contribution in [0.1, 0.15) is 17.2 Å². The molecule has 0 radical (unpaired) electrons. The Bertz CT molecular complexity index is 698. The van der Waals surface area contributed by atoms with Crippen molar-refractivity contribution < 1.29 is 9.57 Å². The van der Waals surface area contributed by atoms with Gasteiger partial charge in [-0.3, -0.25) is 0 Å². The van der Waals surface area contributed by atoms with Crippen molar-refractivity contribution in [2.75, 3.05) is 7.11 Å². The first-order chi connectivity index (χ1) is 9.86. The van der Waals surface area contributed by atoms with E-state index in [-0.39, 0.29) is 11.4 Å². The number of fused-ring (bicyclic) bond motifs is 3. The molecular weight excluding hydrogens is 270 g/mol. The lowest BCUT2D eigenvalue weighted by atomic mass is 10.00. The number of ether oxygens (including phenoxy) is 1. The zero-order valence-corrected chi connectivity index (χ0v) is 11.8. The lowest BCUT2D eigenvalue weighted by Crippen LogP contribution is -2.16. The van der Waals surface area contributed by atoms with Gasteiger partial charge in [0, 0.05) is 16.0 Å². The van der Waals surface area contributed by atoms with Gasteiger partial charge in [0.1, 0.15) is 11.5 Å². The van der Waals surface area contributed by atoms with Crippen molar-refractivity contribution in [2.24, 2.45) is 5.16 Å². The minimum atomic E-state index is 0.0393. The summed E-state index contributed by atoms with van der Waals surface area (Å²) >= 11 is 1.83. The Balaban J connectivity index is 1.70. The van der Waals surface area contributed by atoms with Crippen molar-refractivity contribution in [2.45, 2.75) is 16.2 Å². The third-order valence-corrected chi connectivity index (χ3v) is 5.00. The Morgan fingerprint density at radius 3 is 2.95 bits per heavy atom. The molecular formula is C16H13NO2S. The molecule has 0 bridgehead atoms. The SMILES string of the molecule is COc1cccc(C2=NO[C@H]3c4ccccc4S[C@@H]23)c1. The summed E-state index contributed by atoms with van der Waals surface area (Å²) in [5, 5.41) is 4.54. The molecule has 2 aromatic carbocycles. The van der Waals surface area contributed by atoms with Crippen LogP contribution < -0.4 is 4.74 Å². The van der Waals surface area contributed by atoms with Crippen molar-refractivity contribution in [3.63, 3.8) is 0 Å². The molecule has 0 saturated carbocycles. The Morgan fingerprint density at radius 1 is 1.15 bits per heavy atom. The highest BCUT2D eigenvalue weighted by Gasteiger charge is 2.43. The quantitative estimate of drug-likeness (QED) is 0.843. The second kappa shape index (κ2) is 4.56. The molecule has 0 spiro atoms. The molecule has 0 saturated heterocycles. The fourth-order valence-corrected chi connectivity index (χ4v) is 4.02. The van der Waals surface area contributed by atoms with Gasteiger partial charge < -0.3 is 9.57 Å². The summed E-state index contributed by atoms with van der Waals surface area (Å²) in [4.78, 5) is 6.96. The van der Waals surface area contributed by atoms with E-state index in [4.69, 9.17) is 9.57 Å². The van der Waals surface area contributed by atoms with E-state index < -0.39 is 0 Å². The summed E-state index contributed by atoms with van der Waals surface area (Å²) < 4.78 is 5.28. The first kappa shape index (κ1) is 11.9. The highest BCUT2D eigenvalue weighted by atomic mass is 32.2. The first-order valence-electron chi connectivity index (χ1n) is 6.50. The lowest BCUT2D eigenvalue weighted by Gasteiger charge is -2.09. The molecule has 4 heteroatoms. The molecule has 2 heterocycles. The predicted octanol–water partition coefficient (Wildman–Crippen LogP) is 3.65. The van der Waals surface area contributed by atoms with Crippen LogP contribution in [0.3, 0.4) is 0 Å². The van der Waals surface area contributed by atoms with Gasteiger partial charge in [-0.1, -0.05) is 35.5 Å². The molecule has 0 amide bonds. The molecule has 2 aliphatic heterocycles. The summed E-state index contributed by atoms with van der Waals surface area (Å²) in [6.45, 7) is 0. The number of nitrogens with zero attached hydrogens (tertiary/aromatic N) is 1. The minimum absolute atomic E-state index is 0.0393. The maximum atomic E-state index is 5.67. The smallest absolute Gasteiger partial charge is 0.171 e. The van der Waals surface area contributed by atoms with Gasteiger partial charge in [0.2, 0.25) is 0 Å². The molecule has 4 rings (SSSR count). The number of rotatable bonds is 2. The normalized spacial score (nSPS) is 22.8. The van der Waals surface area contributed by atoms with Crippen molar-refractivity contribution in [3.05, 3.63) is 59.7 Å². The third kappa shape index (κ3) is 1.72. The standard InChI is InChI=1S/C16H13NO2S/c1-18-11-6-4-5-10(9-11)14-16-15(19-17-14)12-7-2-3-8-13(12)20-16/h2-9,15-16H,1H3/t15-,16-/m0/s1. The summed E-state index contributed by atoms with van der Waals surface area (Å²) in [7, 11) is 1.68. The number of benzene rings is 2. The van der Waals surface area contributed by atoms with Crippen LogP contribution in [0.5, 0.6) is 5.75 Å². The number of methoxy groups -OCH3 is 1. The second-order valence-electron chi connectivity index (χ2n) is 4.81. The molecule has 2 aliphatic rings. The molecule has 2 aromatic rings. The highest BCUT2D eigenvalue weighted by molar-refractivity contribution is 8.01. The van der Waals surface area contributed by atoms with Gasteiger partial charge in [-0.05, 0) is 18.2 Å². The Labute approximate surface area is 121 Å². The lowest BCUT2D eigenvalue weighted by molar-refractivity contribution is 0.0891. The van der Waals surface area contributed by atoms with E-state index in [1.54, 1.807) is 7.11 Å². The second-order valence-corrected chi connectivity index (χ2v) is 5.99. The number of thioether (sulfide) groups is 1. The molecule has 0 unspecified atom stereocenters. The van der Waals surface area contributed by atoms with Gasteiger partial charge in [0.05, 0.1) is 12.4 Å². The van der Waals surface area contributed by atoms with Crippen LogP contribution >= 0.6 is 11.8 Å². The first-order valence-corrected chi connectivity index (χ1v) is 7.38. The van der Waals surface area contributed by atoms with Crippen molar-refractivity contribution in [1.82, 2.24) is 0 Å². The fraction of sp³-hybridized carbons (Fsp3) is 0.188. The van der Waals surface area contributed by atoms with Crippen molar-refractivity contribution in [3.8, 4) is 5.75 Å². The van der Waals surface area contributed by atoms with Gasteiger partial charge in [0.25, 0.3) is 0 Å². The zero-order valence-electron chi connectivity index (χ0n) is 10.9. The average Bonchev–Trinajstić information content (AvgIpc) is 3.06. The monoisotopic (exact) mass is 283 g/mol. The predicted molar refractivity (Wildman–Crippen MR) is 79.4 cm³/mol. The molecule has 20 heavy (non-hydrogen) atoms. The van der Waals surface area contributed by atoms with Gasteiger partial charge in [-0.15, -0.1) is 11.8 Å². The molecule has 0 fully saturated rings. The third-order valence-electron chi connectivity index (χ3n) is 3.65. The van der Waals surface area contributed by atoms with E-state index in [0.717, 1.165) is 17.0 Å². The fourth-order valence-electron chi connectivity index (χ4n) is 2.66. The van der Waals surface area contributed by atoms with Crippen LogP contribution in [0.4, 0.5) is 0 Å². The maximum Gasteiger partial charge on any atom is 0.171 e. The largest absolute Gasteiger partial charge is 0.497 e. The number of hydrogen-bond acceptors (Lipinski definition) is 4. The van der Waals surface area contributed by atoms with E-state index >= 15 is 0 Å². The van der Waals surface area contributed by atoms with E-state index in [1.165, 1.54) is 10.5 Å². The van der Waals surface area contributed by atoms with E-state index in [2.05, 4.69) is 35.5 Å². The molecule has 0 aliphatic carbocycles. The Hall–Kier alpha value is -1.94. The van der Waals surface area contributed by atoms with Gasteiger partial charge >= 0.3 is 0 Å². The maximum absolute atomic E-state index is 5.67. The van der Waals surface area contributed by atoms with E-state index in [0.29, 0.717) is 0 Å². The van der Waals surface area contributed by atoms with Crippen molar-refractivity contribution in [1.29, 1.82) is 0 Å². The van der Waals surface area contributed by atoms with Crippen molar-refractivity contribution >= 4 is 17.5 Å². The Morgan fingerprint density at radius 2 is 2.05 bits per heavy atom. The van der Waals surface area contributed by atoms with Gasteiger partial charge in [0.15, 0.2) is 6.10 Å². The summed E-state index contributed by atoms with van der Waals surface area (Å²) in [5.41, 5.74) is 3.30. The van der Waals surface area contributed by atoms with E-state index in [9.17, 15) is 0 Å². The zero-order chi connectivity index (χ0) is 13.5. The van der Waals surface area contributed by atoms with Crippen LogP contribution in [0, 0.1) is 0 Å². The summed E-state index contributed by atoms with van der Waals surface area (Å²) in [6.07, 6.45) is 0.0393. The number of hydrogen-bond donors (Lipinski definition) is 0. The topological polar surface area (TPSA) is 30.8 Å². The van der Waals surface area contributed by atoms with Crippen LogP contribution in [-0.4, -0.2) is 18.1 Å². The molecule has 0 N–H and O–H groups in total. The highest BCUT2D eigenvalue weighted by Crippen LogP contribution is 2.50. The number of oxime groups is 1. The van der Waals surface area contributed by atoms with Crippen LogP contribution in [-0.2, 0) is 4.84 Å². The van der Waals surface area contributed by atoms with Gasteiger partial charge in [-0.25, -0.2) is 0 Å². The summed E-state index contributed by atoms with van der Waals surface area (Å²) in [5.74, 6) is 0.842. The van der Waals surface area contributed by atoms with Crippen LogP contribution in [0.2, 0.25) is 0 Å². The minimum Gasteiger partial charge on any atom is -0.497 e. The van der Waals surface area contributed by atoms with Crippen LogP contribution in [0.15, 0.2) is 58.6 Å². The summed E-state index contributed by atoms with van der Waals surface area (Å²) in [6, 6.07) is 16.4. The molecule has 0 aromatic heterocycles.